The zero-order valence-corrected chi connectivity index (χ0v) is 8.17. The molecule has 0 aromatic carbocycles. The van der Waals surface area contributed by atoms with Crippen molar-refractivity contribution in [1.29, 1.82) is 0 Å². The second-order valence-electron chi connectivity index (χ2n) is 2.82. The summed E-state index contributed by atoms with van der Waals surface area (Å²) in [6, 6.07) is 0. The molecule has 0 aliphatic carbocycles. The number of carbonyl (C=O) groups is 1. The van der Waals surface area contributed by atoms with Crippen molar-refractivity contribution in [3.05, 3.63) is 18.3 Å². The summed E-state index contributed by atoms with van der Waals surface area (Å²) >= 11 is 0. The third-order valence-corrected chi connectivity index (χ3v) is 1.75. The first-order valence-electron chi connectivity index (χ1n) is 4.11. The van der Waals surface area contributed by atoms with Gasteiger partial charge in [0.15, 0.2) is 0 Å². The number of aromatic nitrogens is 4. The Balaban J connectivity index is 2.31. The second kappa shape index (κ2) is 3.52. The molecule has 0 spiro atoms. The zero-order chi connectivity index (χ0) is 10.8. The lowest BCUT2D eigenvalue weighted by molar-refractivity contribution is 0.0545. The monoisotopic (exact) mass is 208 g/mol. The number of esters is 1. The van der Waals surface area contributed by atoms with E-state index in [2.05, 4.69) is 20.0 Å². The number of nitrogens with zero attached hydrogens (tertiary/aromatic N) is 4. The Labute approximate surface area is 84.7 Å². The van der Waals surface area contributed by atoms with Crippen molar-refractivity contribution in [3.63, 3.8) is 0 Å². The van der Waals surface area contributed by atoms with Gasteiger partial charge in [-0.25, -0.2) is 4.79 Å². The quantitative estimate of drug-likeness (QED) is 0.658. The van der Waals surface area contributed by atoms with Crippen molar-refractivity contribution in [2.24, 2.45) is 7.05 Å². The molecule has 0 unspecified atom stereocenters. The van der Waals surface area contributed by atoms with E-state index in [1.807, 2.05) is 0 Å². The molecule has 2 heterocycles. The summed E-state index contributed by atoms with van der Waals surface area (Å²) in [6.45, 7) is 0. The van der Waals surface area contributed by atoms with Crippen molar-refractivity contribution < 1.29 is 14.1 Å². The van der Waals surface area contributed by atoms with Crippen LogP contribution < -0.4 is 0 Å². The van der Waals surface area contributed by atoms with Gasteiger partial charge >= 0.3 is 11.9 Å². The van der Waals surface area contributed by atoms with E-state index in [0.29, 0.717) is 11.4 Å². The summed E-state index contributed by atoms with van der Waals surface area (Å²) in [6.07, 6.45) is 3.29. The van der Waals surface area contributed by atoms with Crippen molar-refractivity contribution in [2.75, 3.05) is 7.11 Å². The van der Waals surface area contributed by atoms with E-state index >= 15 is 0 Å². The predicted molar refractivity (Wildman–Crippen MR) is 47.8 cm³/mol. The molecular weight excluding hydrogens is 200 g/mol. The van der Waals surface area contributed by atoms with Crippen LogP contribution in [0.2, 0.25) is 0 Å². The third-order valence-electron chi connectivity index (χ3n) is 1.75. The Morgan fingerprint density at radius 2 is 2.40 bits per heavy atom. The van der Waals surface area contributed by atoms with Crippen LogP contribution in [0.15, 0.2) is 16.9 Å². The van der Waals surface area contributed by atoms with Crippen LogP contribution in [0.5, 0.6) is 0 Å². The molecule has 0 saturated heterocycles. The molecule has 0 N–H and O–H groups in total. The largest absolute Gasteiger partial charge is 0.462 e. The van der Waals surface area contributed by atoms with Gasteiger partial charge in [0.05, 0.1) is 18.9 Å². The molecule has 7 nitrogen and oxygen atoms in total. The van der Waals surface area contributed by atoms with Crippen molar-refractivity contribution in [1.82, 2.24) is 19.9 Å². The van der Waals surface area contributed by atoms with Crippen molar-refractivity contribution in [3.8, 4) is 11.4 Å². The fourth-order valence-electron chi connectivity index (χ4n) is 1.05. The average molecular weight is 208 g/mol. The van der Waals surface area contributed by atoms with Crippen LogP contribution >= 0.6 is 0 Å². The fourth-order valence-corrected chi connectivity index (χ4v) is 1.05. The van der Waals surface area contributed by atoms with Crippen LogP contribution in [-0.2, 0) is 11.8 Å². The Bertz CT molecular complexity index is 488. The minimum atomic E-state index is -0.655. The number of hydrogen-bond donors (Lipinski definition) is 0. The maximum absolute atomic E-state index is 11.0. The first-order valence-corrected chi connectivity index (χ1v) is 4.11. The molecule has 2 aromatic heterocycles. The average Bonchev–Trinajstić information content (AvgIpc) is 2.84. The Hall–Kier alpha value is -2.18. The van der Waals surface area contributed by atoms with Crippen LogP contribution in [0.25, 0.3) is 11.4 Å². The van der Waals surface area contributed by atoms with E-state index in [1.165, 1.54) is 7.11 Å². The predicted octanol–water partition coefficient (Wildman–Crippen LogP) is 0.257. The number of aryl methyl sites for hydroxylation is 1. The van der Waals surface area contributed by atoms with Gasteiger partial charge in [-0.1, -0.05) is 5.16 Å². The maximum atomic E-state index is 11.0. The van der Waals surface area contributed by atoms with Gasteiger partial charge in [-0.2, -0.15) is 10.1 Å². The second-order valence-corrected chi connectivity index (χ2v) is 2.82. The van der Waals surface area contributed by atoms with Crippen molar-refractivity contribution >= 4 is 5.97 Å². The molecule has 0 saturated carbocycles. The highest BCUT2D eigenvalue weighted by atomic mass is 16.6. The van der Waals surface area contributed by atoms with E-state index in [-0.39, 0.29) is 5.89 Å². The zero-order valence-electron chi connectivity index (χ0n) is 8.17. The van der Waals surface area contributed by atoms with E-state index < -0.39 is 5.97 Å². The number of ether oxygens (including phenoxy) is 1. The summed E-state index contributed by atoms with van der Waals surface area (Å²) in [5, 5.41) is 7.57. The Morgan fingerprint density at radius 3 is 3.00 bits per heavy atom. The number of methoxy groups -OCH3 is 1. The van der Waals surface area contributed by atoms with E-state index in [9.17, 15) is 4.79 Å². The molecule has 0 aliphatic rings. The lowest BCUT2D eigenvalue weighted by Gasteiger charge is -1.87. The molecular formula is C8H8N4O3. The molecule has 0 fully saturated rings. The molecule has 0 amide bonds. The van der Waals surface area contributed by atoms with Gasteiger partial charge < -0.3 is 9.26 Å². The van der Waals surface area contributed by atoms with E-state index in [1.54, 1.807) is 24.1 Å². The Kier molecular flexibility index (Phi) is 2.20. The molecule has 0 aliphatic heterocycles. The highest BCUT2D eigenvalue weighted by Crippen LogP contribution is 2.14. The van der Waals surface area contributed by atoms with E-state index in [0.717, 1.165) is 0 Å². The summed E-state index contributed by atoms with van der Waals surface area (Å²) in [7, 11) is 3.01. The van der Waals surface area contributed by atoms with Gasteiger partial charge in [0, 0.05) is 13.2 Å². The van der Waals surface area contributed by atoms with Crippen LogP contribution in [0.4, 0.5) is 0 Å². The summed E-state index contributed by atoms with van der Waals surface area (Å²) < 4.78 is 10.7. The summed E-state index contributed by atoms with van der Waals surface area (Å²) in [5.74, 6) is -0.516. The van der Waals surface area contributed by atoms with Crippen LogP contribution in [0.3, 0.4) is 0 Å². The molecule has 0 radical (unpaired) electrons. The fraction of sp³-hybridized carbons (Fsp3) is 0.250. The van der Waals surface area contributed by atoms with Crippen LogP contribution in [0, 0.1) is 0 Å². The van der Waals surface area contributed by atoms with Gasteiger partial charge in [0.25, 0.3) is 0 Å². The SMILES string of the molecule is COC(=O)c1nc(-c2cnn(C)c2)no1. The first-order chi connectivity index (χ1) is 7.20. The minimum Gasteiger partial charge on any atom is -0.462 e. The molecule has 7 heteroatoms. The first kappa shape index (κ1) is 9.38. The van der Waals surface area contributed by atoms with Crippen LogP contribution in [0.1, 0.15) is 10.7 Å². The molecule has 2 aromatic rings. The molecule has 0 atom stereocenters. The number of carbonyl (C=O) groups excluding carboxylic acids is 1. The van der Waals surface area contributed by atoms with Gasteiger partial charge in [0.1, 0.15) is 0 Å². The van der Waals surface area contributed by atoms with Gasteiger partial charge in [-0.15, -0.1) is 0 Å². The van der Waals surface area contributed by atoms with Crippen LogP contribution in [-0.4, -0.2) is 33.0 Å². The molecule has 78 valence electrons. The standard InChI is InChI=1S/C8H8N4O3/c1-12-4-5(3-9-12)6-10-7(15-11-6)8(13)14-2/h3-4H,1-2H3. The van der Waals surface area contributed by atoms with Crippen molar-refractivity contribution in [2.45, 2.75) is 0 Å². The van der Waals surface area contributed by atoms with E-state index in [4.69, 9.17) is 4.52 Å². The highest BCUT2D eigenvalue weighted by molar-refractivity contribution is 5.84. The van der Waals surface area contributed by atoms with Gasteiger partial charge in [-0.05, 0) is 0 Å². The minimum absolute atomic E-state index is 0.170. The molecule has 0 bridgehead atoms. The number of rotatable bonds is 2. The lowest BCUT2D eigenvalue weighted by Crippen LogP contribution is -2.00. The van der Waals surface area contributed by atoms with Gasteiger partial charge in [0.2, 0.25) is 5.82 Å². The lowest BCUT2D eigenvalue weighted by atomic mass is 10.3. The normalized spacial score (nSPS) is 10.3. The maximum Gasteiger partial charge on any atom is 0.397 e. The Morgan fingerprint density at radius 1 is 1.60 bits per heavy atom. The molecule has 15 heavy (non-hydrogen) atoms. The number of hydrogen-bond acceptors (Lipinski definition) is 6. The third kappa shape index (κ3) is 1.71. The summed E-state index contributed by atoms with van der Waals surface area (Å²) in [4.78, 5) is 14.9. The highest BCUT2D eigenvalue weighted by Gasteiger charge is 2.16. The molecule has 2 rings (SSSR count). The smallest absolute Gasteiger partial charge is 0.397 e. The topological polar surface area (TPSA) is 83.0 Å². The van der Waals surface area contributed by atoms with Gasteiger partial charge in [-0.3, -0.25) is 4.68 Å². The summed E-state index contributed by atoms with van der Waals surface area (Å²) in [5.41, 5.74) is 0.677.